The molecular formula is C19H13ClN4O2S3. The Labute approximate surface area is 183 Å². The molecule has 0 spiro atoms. The number of halogens is 1. The average molecular weight is 461 g/mol. The van der Waals surface area contributed by atoms with Gasteiger partial charge in [0.2, 0.25) is 5.91 Å². The van der Waals surface area contributed by atoms with Crippen LogP contribution in [0.15, 0.2) is 42.5 Å². The minimum Gasteiger partial charge on any atom is -0.326 e. The number of benzene rings is 2. The number of rotatable bonds is 3. The Kier molecular flexibility index (Phi) is 5.46. The summed E-state index contributed by atoms with van der Waals surface area (Å²) in [5.41, 5.74) is 1.45. The van der Waals surface area contributed by atoms with Crippen LogP contribution in [0.3, 0.4) is 0 Å². The third kappa shape index (κ3) is 4.23. The molecule has 6 nitrogen and oxygen atoms in total. The van der Waals surface area contributed by atoms with Gasteiger partial charge in [0, 0.05) is 22.7 Å². The lowest BCUT2D eigenvalue weighted by Crippen LogP contribution is -2.33. The van der Waals surface area contributed by atoms with Crippen molar-refractivity contribution in [1.82, 2.24) is 10.3 Å². The Hall–Kier alpha value is -2.59. The molecule has 2 amide bonds. The second-order valence-electron chi connectivity index (χ2n) is 6.03. The summed E-state index contributed by atoms with van der Waals surface area (Å²) in [5, 5.41) is 10.2. The summed E-state index contributed by atoms with van der Waals surface area (Å²) in [6, 6.07) is 13.0. The maximum absolute atomic E-state index is 12.6. The summed E-state index contributed by atoms with van der Waals surface area (Å²) in [4.78, 5) is 28.6. The molecule has 4 rings (SSSR count). The number of nitrogens with zero attached hydrogens (tertiary/aromatic N) is 1. The molecule has 29 heavy (non-hydrogen) atoms. The lowest BCUT2D eigenvalue weighted by molar-refractivity contribution is -0.114. The number of carbonyl (C=O) groups excluding carboxylic acids is 2. The molecular weight excluding hydrogens is 448 g/mol. The molecule has 0 saturated heterocycles. The Morgan fingerprint density at radius 2 is 1.86 bits per heavy atom. The van der Waals surface area contributed by atoms with E-state index in [-0.39, 0.29) is 16.9 Å². The highest BCUT2D eigenvalue weighted by Crippen LogP contribution is 2.35. The monoisotopic (exact) mass is 460 g/mol. The van der Waals surface area contributed by atoms with Gasteiger partial charge < -0.3 is 10.6 Å². The molecule has 0 unspecified atom stereocenters. The molecule has 10 heteroatoms. The van der Waals surface area contributed by atoms with E-state index in [9.17, 15) is 9.59 Å². The minimum atomic E-state index is -0.372. The fraction of sp³-hybridized carbons (Fsp3) is 0.0526. The zero-order valence-electron chi connectivity index (χ0n) is 14.9. The van der Waals surface area contributed by atoms with Gasteiger partial charge in [0.05, 0.1) is 15.2 Å². The van der Waals surface area contributed by atoms with Crippen LogP contribution in [0.2, 0.25) is 5.02 Å². The van der Waals surface area contributed by atoms with E-state index < -0.39 is 0 Å². The second kappa shape index (κ2) is 8.03. The lowest BCUT2D eigenvalue weighted by Gasteiger charge is -2.06. The fourth-order valence-corrected chi connectivity index (χ4v) is 5.28. The Morgan fingerprint density at radius 1 is 1.07 bits per heavy atom. The Balaban J connectivity index is 1.48. The predicted molar refractivity (Wildman–Crippen MR) is 124 cm³/mol. The lowest BCUT2D eigenvalue weighted by atomic mass is 10.2. The van der Waals surface area contributed by atoms with Gasteiger partial charge in [-0.05, 0) is 36.5 Å². The van der Waals surface area contributed by atoms with E-state index >= 15 is 0 Å². The number of fused-ring (bicyclic) bond motifs is 2. The van der Waals surface area contributed by atoms with Gasteiger partial charge in [0.15, 0.2) is 10.2 Å². The van der Waals surface area contributed by atoms with Crippen LogP contribution in [0.5, 0.6) is 0 Å². The predicted octanol–water partition coefficient (Wildman–Crippen LogP) is 5.25. The van der Waals surface area contributed by atoms with E-state index in [2.05, 4.69) is 20.9 Å². The van der Waals surface area contributed by atoms with Gasteiger partial charge in [-0.15, -0.1) is 11.3 Å². The maximum Gasteiger partial charge on any atom is 0.269 e. The third-order valence-corrected chi connectivity index (χ3v) is 6.71. The highest BCUT2D eigenvalue weighted by Gasteiger charge is 2.18. The highest BCUT2D eigenvalue weighted by atomic mass is 35.5. The first-order chi connectivity index (χ1) is 13.9. The van der Waals surface area contributed by atoms with Gasteiger partial charge in [-0.3, -0.25) is 14.9 Å². The first-order valence-corrected chi connectivity index (χ1v) is 10.8. The first-order valence-electron chi connectivity index (χ1n) is 8.38. The van der Waals surface area contributed by atoms with Crippen molar-refractivity contribution in [2.75, 3.05) is 10.6 Å². The van der Waals surface area contributed by atoms with Crippen molar-refractivity contribution in [3.63, 3.8) is 0 Å². The number of anilines is 2. The van der Waals surface area contributed by atoms with Crippen molar-refractivity contribution in [2.45, 2.75) is 6.92 Å². The summed E-state index contributed by atoms with van der Waals surface area (Å²) in [6.07, 6.45) is 0. The molecule has 146 valence electrons. The van der Waals surface area contributed by atoms with Gasteiger partial charge in [0.1, 0.15) is 4.88 Å². The molecule has 4 aromatic rings. The third-order valence-electron chi connectivity index (χ3n) is 3.90. The zero-order valence-corrected chi connectivity index (χ0v) is 18.1. The SMILES string of the molecule is CC(=O)Nc1ccc2nc(NC(=S)NC(=O)c3sc4ccccc4c3Cl)sc2c1. The number of nitrogens with one attached hydrogen (secondary N) is 3. The van der Waals surface area contributed by atoms with Gasteiger partial charge in [0.25, 0.3) is 5.91 Å². The van der Waals surface area contributed by atoms with Crippen LogP contribution < -0.4 is 16.0 Å². The number of thiophene rings is 1. The van der Waals surface area contributed by atoms with Crippen LogP contribution >= 0.6 is 46.5 Å². The van der Waals surface area contributed by atoms with Crippen molar-refractivity contribution < 1.29 is 9.59 Å². The molecule has 2 aromatic carbocycles. The van der Waals surface area contributed by atoms with E-state index in [0.29, 0.717) is 20.7 Å². The number of carbonyl (C=O) groups is 2. The first kappa shape index (κ1) is 19.7. The number of thiazole rings is 1. The van der Waals surface area contributed by atoms with Crippen LogP contribution in [-0.2, 0) is 4.79 Å². The number of thiocarbonyl (C=S) groups is 1. The normalized spacial score (nSPS) is 10.8. The van der Waals surface area contributed by atoms with E-state index in [4.69, 9.17) is 23.8 Å². The summed E-state index contributed by atoms with van der Waals surface area (Å²) >= 11 is 14.3. The number of amides is 2. The smallest absolute Gasteiger partial charge is 0.269 e. The van der Waals surface area contributed by atoms with Gasteiger partial charge in [-0.25, -0.2) is 4.98 Å². The molecule has 0 radical (unpaired) electrons. The molecule has 0 aliphatic carbocycles. The molecule has 0 atom stereocenters. The van der Waals surface area contributed by atoms with Crippen LogP contribution in [0.4, 0.5) is 10.8 Å². The van der Waals surface area contributed by atoms with Crippen LogP contribution in [0.25, 0.3) is 20.3 Å². The summed E-state index contributed by atoms with van der Waals surface area (Å²) < 4.78 is 1.81. The molecule has 0 fully saturated rings. The molecule has 0 saturated carbocycles. The largest absolute Gasteiger partial charge is 0.326 e. The molecule has 0 aliphatic rings. The van der Waals surface area contributed by atoms with E-state index in [1.54, 1.807) is 12.1 Å². The molecule has 2 heterocycles. The minimum absolute atomic E-state index is 0.129. The van der Waals surface area contributed by atoms with Crippen molar-refractivity contribution in [3.8, 4) is 0 Å². The maximum atomic E-state index is 12.6. The topological polar surface area (TPSA) is 83.1 Å². The Morgan fingerprint density at radius 3 is 2.62 bits per heavy atom. The van der Waals surface area contributed by atoms with Crippen LogP contribution in [0.1, 0.15) is 16.6 Å². The quantitative estimate of drug-likeness (QED) is 0.364. The van der Waals surface area contributed by atoms with Gasteiger partial charge >= 0.3 is 0 Å². The van der Waals surface area contributed by atoms with Crippen molar-refractivity contribution >= 4 is 94.5 Å². The fourth-order valence-electron chi connectivity index (χ4n) is 2.71. The summed E-state index contributed by atoms with van der Waals surface area (Å²) in [6.45, 7) is 1.45. The number of aromatic nitrogens is 1. The van der Waals surface area contributed by atoms with Gasteiger partial charge in [-0.2, -0.15) is 0 Å². The average Bonchev–Trinajstić information content (AvgIpc) is 3.21. The molecule has 2 aromatic heterocycles. The second-order valence-corrected chi connectivity index (χ2v) is 8.90. The van der Waals surface area contributed by atoms with Crippen LogP contribution in [-0.4, -0.2) is 21.9 Å². The Bertz CT molecular complexity index is 1280. The van der Waals surface area contributed by atoms with Crippen molar-refractivity contribution in [2.24, 2.45) is 0 Å². The van der Waals surface area contributed by atoms with Crippen molar-refractivity contribution in [3.05, 3.63) is 52.4 Å². The molecule has 0 aliphatic heterocycles. The molecule has 0 bridgehead atoms. The van der Waals surface area contributed by atoms with Crippen molar-refractivity contribution in [1.29, 1.82) is 0 Å². The number of hydrogen-bond acceptors (Lipinski definition) is 6. The van der Waals surface area contributed by atoms with Gasteiger partial charge in [-0.1, -0.05) is 41.1 Å². The van der Waals surface area contributed by atoms with E-state index in [0.717, 1.165) is 20.3 Å². The summed E-state index contributed by atoms with van der Waals surface area (Å²) in [5.74, 6) is -0.515. The highest BCUT2D eigenvalue weighted by molar-refractivity contribution is 7.80. The molecule has 3 N–H and O–H groups in total. The zero-order chi connectivity index (χ0) is 20.5. The van der Waals surface area contributed by atoms with E-state index in [1.807, 2.05) is 30.3 Å². The van der Waals surface area contributed by atoms with Crippen LogP contribution in [0, 0.1) is 0 Å². The standard InChI is InChI=1S/C19H13ClN4O2S3/c1-9(25)21-10-6-7-12-14(8-10)29-19(22-12)24-18(27)23-17(26)16-15(20)11-4-2-3-5-13(11)28-16/h2-8H,1H3,(H,21,25)(H2,22,23,24,26,27). The van der Waals surface area contributed by atoms with E-state index in [1.165, 1.54) is 29.6 Å². The number of hydrogen-bond donors (Lipinski definition) is 3. The summed E-state index contributed by atoms with van der Waals surface area (Å²) in [7, 11) is 0.